The van der Waals surface area contributed by atoms with Crippen LogP contribution in [0.25, 0.3) is 0 Å². The van der Waals surface area contributed by atoms with Crippen LogP contribution in [0.5, 0.6) is 0 Å². The largest absolute Gasteiger partial charge is 0.414 e. The number of hydrogen-bond donors (Lipinski definition) is 0. The zero-order chi connectivity index (χ0) is 35.4. The van der Waals surface area contributed by atoms with Crippen LogP contribution < -0.4 is 0 Å². The van der Waals surface area contributed by atoms with Gasteiger partial charge in [-0.15, -0.1) is 6.58 Å². The lowest BCUT2D eigenvalue weighted by molar-refractivity contribution is -0.270. The Morgan fingerprint density at radius 1 is 0.600 bits per heavy atom. The predicted molar refractivity (Wildman–Crippen MR) is 201 cm³/mol. The van der Waals surface area contributed by atoms with E-state index in [1.807, 2.05) is 6.08 Å². The van der Waals surface area contributed by atoms with Crippen molar-refractivity contribution in [1.82, 2.24) is 0 Å². The Balaban J connectivity index is 2.67. The van der Waals surface area contributed by atoms with Gasteiger partial charge in [0.2, 0.25) is 0 Å². The molecule has 0 aromatic carbocycles. The van der Waals surface area contributed by atoms with E-state index < -0.39 is 33.3 Å². The SMILES string of the molecule is C=C[C@@H]1O[C@H]2[C@H](O[Si](C)(C)C(C)(C)C)[C@@H](O[Si](C)(C)C(C)(C)C)[C@H](CO[Si](C)(C)C(C)(C)C)O[C@H]2C[C@H]1O[Si](C)(C)C(C)(C)C. The Bertz CT molecular complexity index is 1000. The molecular weight excluding hydrogens is 629 g/mol. The van der Waals surface area contributed by atoms with E-state index in [1.54, 1.807) is 0 Å². The molecule has 0 amide bonds. The van der Waals surface area contributed by atoms with Gasteiger partial charge < -0.3 is 27.2 Å². The molecule has 45 heavy (non-hydrogen) atoms. The van der Waals surface area contributed by atoms with Crippen molar-refractivity contribution < 1.29 is 27.2 Å². The van der Waals surface area contributed by atoms with Crippen molar-refractivity contribution in [3.63, 3.8) is 0 Å². The molecule has 0 aromatic heterocycles. The molecule has 0 N–H and O–H groups in total. The minimum atomic E-state index is -2.25. The smallest absolute Gasteiger partial charge is 0.192 e. The van der Waals surface area contributed by atoms with Crippen LogP contribution in [-0.2, 0) is 27.2 Å². The molecule has 7 atom stereocenters. The van der Waals surface area contributed by atoms with E-state index in [1.165, 1.54) is 0 Å². The van der Waals surface area contributed by atoms with Crippen LogP contribution in [0.3, 0.4) is 0 Å². The van der Waals surface area contributed by atoms with Crippen LogP contribution in [0.4, 0.5) is 0 Å². The Labute approximate surface area is 283 Å². The molecule has 0 radical (unpaired) electrons. The highest BCUT2D eigenvalue weighted by molar-refractivity contribution is 6.75. The molecule has 2 fully saturated rings. The zero-order valence-corrected chi connectivity index (χ0v) is 37.2. The van der Waals surface area contributed by atoms with Crippen molar-refractivity contribution in [3.05, 3.63) is 12.7 Å². The summed E-state index contributed by atoms with van der Waals surface area (Å²) < 4.78 is 42.8. The van der Waals surface area contributed by atoms with Gasteiger partial charge in [-0.3, -0.25) is 0 Å². The average Bonchev–Trinajstić information content (AvgIpc) is 2.80. The van der Waals surface area contributed by atoms with Crippen molar-refractivity contribution in [2.45, 2.75) is 205 Å². The molecule has 0 aromatic rings. The fraction of sp³-hybridized carbons (Fsp3) is 0.943. The summed E-state index contributed by atoms with van der Waals surface area (Å²) in [4.78, 5) is 0. The Morgan fingerprint density at radius 3 is 1.40 bits per heavy atom. The maximum absolute atomic E-state index is 7.42. The highest BCUT2D eigenvalue weighted by Crippen LogP contribution is 2.47. The molecule has 2 saturated heterocycles. The molecule has 0 bridgehead atoms. The number of ether oxygens (including phenoxy) is 2. The lowest BCUT2D eigenvalue weighted by Crippen LogP contribution is -2.69. The molecule has 2 aliphatic rings. The van der Waals surface area contributed by atoms with Gasteiger partial charge >= 0.3 is 0 Å². The van der Waals surface area contributed by atoms with Crippen molar-refractivity contribution in [3.8, 4) is 0 Å². The van der Waals surface area contributed by atoms with Crippen molar-refractivity contribution in [1.29, 1.82) is 0 Å². The van der Waals surface area contributed by atoms with Gasteiger partial charge in [-0.25, -0.2) is 0 Å². The fourth-order valence-electron chi connectivity index (χ4n) is 4.81. The number of fused-ring (bicyclic) bond motifs is 1. The highest BCUT2D eigenvalue weighted by Gasteiger charge is 2.58. The lowest BCUT2D eigenvalue weighted by atomic mass is 9.88. The van der Waals surface area contributed by atoms with Crippen LogP contribution in [0.15, 0.2) is 12.7 Å². The van der Waals surface area contributed by atoms with E-state index in [9.17, 15) is 0 Å². The van der Waals surface area contributed by atoms with Gasteiger partial charge in [-0.05, 0) is 72.5 Å². The molecule has 2 rings (SSSR count). The van der Waals surface area contributed by atoms with E-state index in [0.717, 1.165) is 6.42 Å². The fourth-order valence-corrected chi connectivity index (χ4v) is 9.78. The van der Waals surface area contributed by atoms with Crippen LogP contribution in [0.1, 0.15) is 89.5 Å². The predicted octanol–water partition coefficient (Wildman–Crippen LogP) is 10.3. The first-order chi connectivity index (χ1) is 19.8. The van der Waals surface area contributed by atoms with Gasteiger partial charge in [-0.2, -0.15) is 0 Å². The molecule has 0 aliphatic carbocycles. The third kappa shape index (κ3) is 9.54. The summed E-state index contributed by atoms with van der Waals surface area (Å²) in [6.45, 7) is 50.8. The van der Waals surface area contributed by atoms with Crippen LogP contribution in [0, 0.1) is 0 Å². The maximum Gasteiger partial charge on any atom is 0.192 e. The van der Waals surface area contributed by atoms with Crippen LogP contribution in [-0.4, -0.2) is 82.6 Å². The molecule has 0 spiro atoms. The Hall–Kier alpha value is 0.368. The minimum absolute atomic E-state index is 0.0232. The summed E-state index contributed by atoms with van der Waals surface area (Å²) in [6, 6.07) is 0. The second-order valence-electron chi connectivity index (χ2n) is 19.9. The molecular formula is C35H74O6Si4. The average molecular weight is 703 g/mol. The summed E-state index contributed by atoms with van der Waals surface area (Å²) in [5.41, 5.74) is 0. The van der Waals surface area contributed by atoms with Crippen molar-refractivity contribution in [2.24, 2.45) is 0 Å². The second kappa shape index (κ2) is 13.6. The molecule has 2 aliphatic heterocycles. The van der Waals surface area contributed by atoms with Crippen LogP contribution in [0.2, 0.25) is 72.5 Å². The molecule has 6 nitrogen and oxygen atoms in total. The summed E-state index contributed by atoms with van der Waals surface area (Å²) in [5, 5.41) is 0.216. The normalized spacial score (nSPS) is 29.8. The Morgan fingerprint density at radius 2 is 1.00 bits per heavy atom. The number of rotatable bonds is 10. The van der Waals surface area contributed by atoms with Gasteiger partial charge in [0.05, 0.1) is 18.8 Å². The van der Waals surface area contributed by atoms with Crippen LogP contribution >= 0.6 is 0 Å². The molecule has 0 unspecified atom stereocenters. The van der Waals surface area contributed by atoms with Gasteiger partial charge in [0.25, 0.3) is 0 Å². The second-order valence-corrected chi connectivity index (χ2v) is 39.0. The molecule has 10 heteroatoms. The summed E-state index contributed by atoms with van der Waals surface area (Å²) in [6.07, 6.45) is 0.918. The maximum atomic E-state index is 7.42. The van der Waals surface area contributed by atoms with Crippen molar-refractivity contribution in [2.75, 3.05) is 6.61 Å². The standard InChI is InChI=1S/C35H74O6Si4/c1-22-25-26(39-43(16,17)33(5,6)7)23-27-29(38-25)31(41-45(20,21)35(11,12)13)30(40-44(18,19)34(8,9)10)28(37-27)24-36-42(14,15)32(2,3)4/h22,25-31H,1,23-24H2,2-21H3/t25-,26+,27-,28-,29+,30-,31-/m0/s1. The van der Waals surface area contributed by atoms with Gasteiger partial charge in [0.1, 0.15) is 30.5 Å². The first-order valence-corrected chi connectivity index (χ1v) is 29.0. The summed E-state index contributed by atoms with van der Waals surface area (Å²) in [7, 11) is -8.62. The Kier molecular flexibility index (Phi) is 12.5. The van der Waals surface area contributed by atoms with E-state index in [4.69, 9.17) is 27.2 Å². The summed E-state index contributed by atoms with van der Waals surface area (Å²) >= 11 is 0. The monoisotopic (exact) mass is 702 g/mol. The minimum Gasteiger partial charge on any atom is -0.414 e. The lowest BCUT2D eigenvalue weighted by Gasteiger charge is -2.56. The third-order valence-electron chi connectivity index (χ3n) is 12.2. The molecule has 266 valence electrons. The van der Waals surface area contributed by atoms with E-state index >= 15 is 0 Å². The topological polar surface area (TPSA) is 55.4 Å². The summed E-state index contributed by atoms with van der Waals surface area (Å²) in [5.74, 6) is 0. The van der Waals surface area contributed by atoms with E-state index in [-0.39, 0.29) is 62.9 Å². The molecule has 2 heterocycles. The van der Waals surface area contributed by atoms with Gasteiger partial charge in [0, 0.05) is 6.42 Å². The zero-order valence-electron chi connectivity index (χ0n) is 33.2. The quantitative estimate of drug-likeness (QED) is 0.167. The van der Waals surface area contributed by atoms with Gasteiger partial charge in [-0.1, -0.05) is 89.2 Å². The van der Waals surface area contributed by atoms with Crippen molar-refractivity contribution >= 4 is 33.3 Å². The van der Waals surface area contributed by atoms with E-state index in [2.05, 4.69) is 142 Å². The third-order valence-corrected chi connectivity index (χ3v) is 30.2. The first-order valence-electron chi connectivity index (χ1n) is 17.4. The molecule has 0 saturated carbocycles. The van der Waals surface area contributed by atoms with Gasteiger partial charge in [0.15, 0.2) is 33.3 Å². The van der Waals surface area contributed by atoms with E-state index in [0.29, 0.717) is 6.61 Å². The first kappa shape index (κ1) is 41.5. The number of hydrogen-bond acceptors (Lipinski definition) is 6. The highest BCUT2D eigenvalue weighted by atomic mass is 28.4.